The number of hydrogen-bond acceptors (Lipinski definition) is 7. The number of anilines is 1. The van der Waals surface area contributed by atoms with Crippen LogP contribution in [-0.2, 0) is 17.8 Å². The maximum absolute atomic E-state index is 13.8. The van der Waals surface area contributed by atoms with Gasteiger partial charge in [0.15, 0.2) is 17.7 Å². The molecule has 2 rings (SSSR count). The van der Waals surface area contributed by atoms with Crippen LogP contribution >= 0.6 is 0 Å². The zero-order valence-electron chi connectivity index (χ0n) is 15.9. The number of aromatic nitrogens is 1. The number of halogens is 2. The van der Waals surface area contributed by atoms with E-state index in [0.29, 0.717) is 6.07 Å². The van der Waals surface area contributed by atoms with Gasteiger partial charge in [0.25, 0.3) is 0 Å². The van der Waals surface area contributed by atoms with Gasteiger partial charge in [-0.25, -0.2) is 13.6 Å². The summed E-state index contributed by atoms with van der Waals surface area (Å²) in [5.41, 5.74) is -0.940. The first kappa shape index (κ1) is 22.3. The maximum Gasteiger partial charge on any atom is 0.359 e. The van der Waals surface area contributed by atoms with Crippen LogP contribution < -0.4 is 15.5 Å². The van der Waals surface area contributed by atoms with E-state index in [9.17, 15) is 28.6 Å². The van der Waals surface area contributed by atoms with Gasteiger partial charge in [0.05, 0.1) is 19.8 Å². The molecular formula is C19H22F2N2O6. The summed E-state index contributed by atoms with van der Waals surface area (Å²) in [6.45, 7) is 2.66. The summed E-state index contributed by atoms with van der Waals surface area (Å²) in [4.78, 5) is 25.1. The molecule has 0 aliphatic carbocycles. The zero-order valence-corrected chi connectivity index (χ0v) is 15.9. The lowest BCUT2D eigenvalue weighted by molar-refractivity contribution is -0.0518. The summed E-state index contributed by atoms with van der Waals surface area (Å²) in [6, 6.07) is 3.02. The van der Waals surface area contributed by atoms with Gasteiger partial charge in [-0.15, -0.1) is 0 Å². The summed E-state index contributed by atoms with van der Waals surface area (Å²) < 4.78 is 38.3. The van der Waals surface area contributed by atoms with Crippen molar-refractivity contribution in [2.24, 2.45) is 0 Å². The minimum atomic E-state index is -1.83. The molecule has 0 aliphatic rings. The van der Waals surface area contributed by atoms with E-state index >= 15 is 0 Å². The molecule has 10 heteroatoms. The predicted molar refractivity (Wildman–Crippen MR) is 99.7 cm³/mol. The van der Waals surface area contributed by atoms with Crippen molar-refractivity contribution in [1.29, 1.82) is 0 Å². The molecule has 0 atom stereocenters. The van der Waals surface area contributed by atoms with E-state index in [-0.39, 0.29) is 42.5 Å². The molecule has 1 aromatic carbocycles. The SMILES string of the molecule is CCOC(=O)c1c(OCC)c(=O)c(NCc2ccc(F)cc2F)cn1CC(O)O. The average Bonchev–Trinajstić information content (AvgIpc) is 2.64. The molecular weight excluding hydrogens is 390 g/mol. The van der Waals surface area contributed by atoms with Gasteiger partial charge in [-0.3, -0.25) is 4.79 Å². The quantitative estimate of drug-likeness (QED) is 0.424. The molecule has 0 amide bonds. The molecule has 0 aliphatic heterocycles. The van der Waals surface area contributed by atoms with E-state index < -0.39 is 35.9 Å². The number of carbonyl (C=O) groups excluding carboxylic acids is 1. The maximum atomic E-state index is 13.8. The molecule has 1 heterocycles. The molecule has 3 N–H and O–H groups in total. The van der Waals surface area contributed by atoms with E-state index in [2.05, 4.69) is 5.32 Å². The minimum Gasteiger partial charge on any atom is -0.488 e. The van der Waals surface area contributed by atoms with Crippen LogP contribution in [0, 0.1) is 11.6 Å². The number of ether oxygens (including phenoxy) is 2. The first-order chi connectivity index (χ1) is 13.8. The predicted octanol–water partition coefficient (Wildman–Crippen LogP) is 1.62. The van der Waals surface area contributed by atoms with Gasteiger partial charge in [-0.05, 0) is 19.9 Å². The van der Waals surface area contributed by atoms with Crippen LogP contribution in [0.25, 0.3) is 0 Å². The highest BCUT2D eigenvalue weighted by atomic mass is 19.1. The Labute approximate surface area is 165 Å². The summed E-state index contributed by atoms with van der Waals surface area (Å²) in [5, 5.41) is 21.4. The van der Waals surface area contributed by atoms with E-state index in [1.807, 2.05) is 0 Å². The molecule has 158 valence electrons. The van der Waals surface area contributed by atoms with Gasteiger partial charge < -0.3 is 29.6 Å². The molecule has 8 nitrogen and oxygen atoms in total. The third-order valence-corrected chi connectivity index (χ3v) is 3.84. The topological polar surface area (TPSA) is 110 Å². The number of nitrogens with one attached hydrogen (secondary N) is 1. The van der Waals surface area contributed by atoms with Crippen LogP contribution in [-0.4, -0.2) is 40.3 Å². The van der Waals surface area contributed by atoms with Gasteiger partial charge in [-0.1, -0.05) is 6.07 Å². The van der Waals surface area contributed by atoms with Crippen LogP contribution in [0.1, 0.15) is 29.9 Å². The Morgan fingerprint density at radius 3 is 2.55 bits per heavy atom. The summed E-state index contributed by atoms with van der Waals surface area (Å²) in [7, 11) is 0. The Bertz CT molecular complexity index is 930. The highest BCUT2D eigenvalue weighted by Crippen LogP contribution is 2.20. The van der Waals surface area contributed by atoms with Crippen molar-refractivity contribution < 1.29 is 33.3 Å². The normalized spacial score (nSPS) is 10.9. The monoisotopic (exact) mass is 412 g/mol. The Morgan fingerprint density at radius 2 is 1.97 bits per heavy atom. The van der Waals surface area contributed by atoms with Gasteiger partial charge in [0.1, 0.15) is 17.3 Å². The Hall–Kier alpha value is -2.98. The third-order valence-electron chi connectivity index (χ3n) is 3.84. The Balaban J connectivity index is 2.50. The highest BCUT2D eigenvalue weighted by molar-refractivity contribution is 5.91. The number of nitrogens with zero attached hydrogens (tertiary/aromatic N) is 1. The Morgan fingerprint density at radius 1 is 1.24 bits per heavy atom. The minimum absolute atomic E-state index is 0.0319. The number of esters is 1. The van der Waals surface area contributed by atoms with Gasteiger partial charge in [0.2, 0.25) is 5.43 Å². The molecule has 2 aromatic rings. The Kier molecular flexibility index (Phi) is 7.68. The second-order valence-electron chi connectivity index (χ2n) is 5.93. The van der Waals surface area contributed by atoms with Crippen molar-refractivity contribution >= 4 is 11.7 Å². The zero-order chi connectivity index (χ0) is 21.6. The fourth-order valence-electron chi connectivity index (χ4n) is 2.63. The van der Waals surface area contributed by atoms with Gasteiger partial charge in [0, 0.05) is 24.4 Å². The molecule has 0 spiro atoms. The largest absolute Gasteiger partial charge is 0.488 e. The molecule has 0 bridgehead atoms. The molecule has 0 saturated carbocycles. The fourth-order valence-corrected chi connectivity index (χ4v) is 2.63. The van der Waals surface area contributed by atoms with Crippen LogP contribution in [0.5, 0.6) is 5.75 Å². The van der Waals surface area contributed by atoms with Crippen molar-refractivity contribution in [3.8, 4) is 5.75 Å². The van der Waals surface area contributed by atoms with Gasteiger partial charge >= 0.3 is 5.97 Å². The van der Waals surface area contributed by atoms with Gasteiger partial charge in [-0.2, -0.15) is 0 Å². The third kappa shape index (κ3) is 5.52. The standard InChI is InChI=1S/C19H22F2N2O6/c1-3-28-18-16(19(27)29-4-2)23(10-15(24)25)9-14(17(18)26)22-8-11-5-6-12(20)7-13(11)21/h5-7,9,15,22,24-25H,3-4,8,10H2,1-2H3. The molecule has 1 aromatic heterocycles. The average molecular weight is 412 g/mol. The second-order valence-corrected chi connectivity index (χ2v) is 5.93. The van der Waals surface area contributed by atoms with E-state index in [4.69, 9.17) is 9.47 Å². The number of pyridine rings is 1. The molecule has 0 saturated heterocycles. The smallest absolute Gasteiger partial charge is 0.359 e. The van der Waals surface area contributed by atoms with E-state index in [1.54, 1.807) is 13.8 Å². The molecule has 29 heavy (non-hydrogen) atoms. The first-order valence-electron chi connectivity index (χ1n) is 8.89. The van der Waals surface area contributed by atoms with Crippen molar-refractivity contribution in [2.45, 2.75) is 33.2 Å². The molecule has 0 radical (unpaired) electrons. The summed E-state index contributed by atoms with van der Waals surface area (Å²) in [6.07, 6.45) is -0.652. The summed E-state index contributed by atoms with van der Waals surface area (Å²) in [5.74, 6) is -2.74. The van der Waals surface area contributed by atoms with E-state index in [1.165, 1.54) is 12.3 Å². The number of aliphatic hydroxyl groups is 2. The molecule has 0 unspecified atom stereocenters. The number of aliphatic hydroxyl groups excluding tert-OH is 1. The van der Waals surface area contributed by atoms with Crippen molar-refractivity contribution in [3.63, 3.8) is 0 Å². The second kappa shape index (κ2) is 9.99. The van der Waals surface area contributed by atoms with Crippen molar-refractivity contribution in [3.05, 3.63) is 57.5 Å². The number of carbonyl (C=O) groups is 1. The number of rotatable bonds is 9. The van der Waals surface area contributed by atoms with Crippen molar-refractivity contribution in [1.82, 2.24) is 4.57 Å². The number of benzene rings is 1. The lowest BCUT2D eigenvalue weighted by Gasteiger charge is -2.19. The number of hydrogen-bond donors (Lipinski definition) is 3. The lowest BCUT2D eigenvalue weighted by Crippen LogP contribution is -2.28. The van der Waals surface area contributed by atoms with Crippen LogP contribution in [0.2, 0.25) is 0 Å². The van der Waals surface area contributed by atoms with Crippen LogP contribution in [0.4, 0.5) is 14.5 Å². The lowest BCUT2D eigenvalue weighted by atomic mass is 10.2. The van der Waals surface area contributed by atoms with Crippen LogP contribution in [0.3, 0.4) is 0 Å². The highest BCUT2D eigenvalue weighted by Gasteiger charge is 2.25. The summed E-state index contributed by atoms with van der Waals surface area (Å²) >= 11 is 0. The van der Waals surface area contributed by atoms with Crippen LogP contribution in [0.15, 0.2) is 29.2 Å². The van der Waals surface area contributed by atoms with E-state index in [0.717, 1.165) is 10.6 Å². The first-order valence-corrected chi connectivity index (χ1v) is 8.89. The molecule has 0 fully saturated rings. The fraction of sp³-hybridized carbons (Fsp3) is 0.368. The van der Waals surface area contributed by atoms with Crippen molar-refractivity contribution in [2.75, 3.05) is 18.5 Å².